The summed E-state index contributed by atoms with van der Waals surface area (Å²) in [5.74, 6) is 0.786. The predicted octanol–water partition coefficient (Wildman–Crippen LogP) is 2.89. The molecule has 0 aromatic heterocycles. The molecule has 1 N–H and O–H groups in total. The number of methoxy groups -OCH3 is 2. The van der Waals surface area contributed by atoms with E-state index in [1.165, 1.54) is 0 Å². The van der Waals surface area contributed by atoms with Gasteiger partial charge in [-0.3, -0.25) is 4.84 Å². The molecule has 6 heteroatoms. The molecule has 0 aliphatic rings. The van der Waals surface area contributed by atoms with Gasteiger partial charge in [-0.1, -0.05) is 0 Å². The lowest BCUT2D eigenvalue weighted by Gasteiger charge is -2.10. The van der Waals surface area contributed by atoms with Crippen molar-refractivity contribution in [1.29, 1.82) is 0 Å². The van der Waals surface area contributed by atoms with Gasteiger partial charge in [-0.2, -0.15) is 5.48 Å². The Bertz CT molecular complexity index is 338. The molecule has 1 aromatic rings. The third-order valence-corrected chi connectivity index (χ3v) is 3.21. The van der Waals surface area contributed by atoms with Crippen LogP contribution in [-0.2, 0) is 16.1 Å². The summed E-state index contributed by atoms with van der Waals surface area (Å²) in [5.41, 5.74) is 3.95. The minimum Gasteiger partial charge on any atom is -0.494 e. The van der Waals surface area contributed by atoms with Gasteiger partial charge in [0.25, 0.3) is 0 Å². The molecule has 17 heavy (non-hydrogen) atoms. The summed E-state index contributed by atoms with van der Waals surface area (Å²) in [6.45, 7) is 1.71. The van der Waals surface area contributed by atoms with Gasteiger partial charge < -0.3 is 9.47 Å². The highest BCUT2D eigenvalue weighted by Gasteiger charge is 2.07. The Morgan fingerprint density at radius 1 is 1.12 bits per heavy atom. The Hall–Kier alpha value is -0.140. The van der Waals surface area contributed by atoms with E-state index in [4.69, 9.17) is 14.3 Å². The molecule has 1 rings (SSSR count). The van der Waals surface area contributed by atoms with Gasteiger partial charge in [-0.05, 0) is 49.6 Å². The zero-order valence-electron chi connectivity index (χ0n) is 9.76. The Kier molecular flexibility index (Phi) is 7.06. The van der Waals surface area contributed by atoms with Crippen molar-refractivity contribution in [2.24, 2.45) is 0 Å². The van der Waals surface area contributed by atoms with Crippen LogP contribution in [-0.4, -0.2) is 27.4 Å². The summed E-state index contributed by atoms with van der Waals surface area (Å²) in [6, 6.07) is 3.96. The van der Waals surface area contributed by atoms with Crippen LogP contribution in [0.15, 0.2) is 21.1 Å². The highest BCUT2D eigenvalue weighted by atomic mass is 79.9. The van der Waals surface area contributed by atoms with E-state index in [9.17, 15) is 0 Å². The largest absolute Gasteiger partial charge is 0.494 e. The number of hydrogen-bond acceptors (Lipinski definition) is 4. The van der Waals surface area contributed by atoms with Crippen molar-refractivity contribution in [3.8, 4) is 5.75 Å². The Morgan fingerprint density at radius 2 is 1.76 bits per heavy atom. The quantitative estimate of drug-likeness (QED) is 0.593. The van der Waals surface area contributed by atoms with E-state index in [0.717, 1.165) is 20.3 Å². The maximum atomic E-state index is 5.23. The molecule has 0 saturated heterocycles. The van der Waals surface area contributed by atoms with Gasteiger partial charge in [0.2, 0.25) is 0 Å². The third kappa shape index (κ3) is 4.93. The molecule has 0 fully saturated rings. The number of nitrogens with one attached hydrogen (secondary N) is 1. The number of rotatable bonds is 7. The number of benzene rings is 1. The third-order valence-electron chi connectivity index (χ3n) is 2.03. The smallest absolute Gasteiger partial charge is 0.147 e. The van der Waals surface area contributed by atoms with Gasteiger partial charge >= 0.3 is 0 Å². The van der Waals surface area contributed by atoms with Crippen LogP contribution in [0, 0.1) is 0 Å². The first kappa shape index (κ1) is 14.9. The van der Waals surface area contributed by atoms with E-state index in [2.05, 4.69) is 37.3 Å². The fourth-order valence-corrected chi connectivity index (χ4v) is 2.85. The lowest BCUT2D eigenvalue weighted by molar-refractivity contribution is 0.00345. The van der Waals surface area contributed by atoms with Crippen molar-refractivity contribution >= 4 is 31.9 Å². The van der Waals surface area contributed by atoms with E-state index in [-0.39, 0.29) is 0 Å². The average Bonchev–Trinajstić information content (AvgIpc) is 2.28. The second-order valence-corrected chi connectivity index (χ2v) is 4.96. The molecular weight excluding hydrogens is 354 g/mol. The van der Waals surface area contributed by atoms with Crippen LogP contribution in [0.2, 0.25) is 0 Å². The molecule has 0 spiro atoms. The van der Waals surface area contributed by atoms with Gasteiger partial charge in [0.05, 0.1) is 29.3 Å². The summed E-state index contributed by atoms with van der Waals surface area (Å²) in [4.78, 5) is 5.18. The van der Waals surface area contributed by atoms with Crippen molar-refractivity contribution in [3.05, 3.63) is 26.6 Å². The Balaban J connectivity index is 2.49. The summed E-state index contributed by atoms with van der Waals surface area (Å²) < 4.78 is 11.9. The van der Waals surface area contributed by atoms with Gasteiger partial charge in [0.1, 0.15) is 5.75 Å². The number of hydroxylamine groups is 1. The summed E-state index contributed by atoms with van der Waals surface area (Å²) in [5, 5.41) is 0. The van der Waals surface area contributed by atoms with Crippen molar-refractivity contribution in [2.75, 3.05) is 27.4 Å². The normalized spacial score (nSPS) is 10.6. The maximum Gasteiger partial charge on any atom is 0.147 e. The zero-order chi connectivity index (χ0) is 12.7. The molecule has 0 heterocycles. The fraction of sp³-hybridized carbons (Fsp3) is 0.455. The Morgan fingerprint density at radius 3 is 2.29 bits per heavy atom. The number of ether oxygens (including phenoxy) is 2. The molecule has 1 aromatic carbocycles. The predicted molar refractivity (Wildman–Crippen MR) is 73.1 cm³/mol. The zero-order valence-corrected chi connectivity index (χ0v) is 12.9. The molecule has 0 bridgehead atoms. The standard InChI is InChI=1S/C11H15Br2NO3/c1-15-3-4-17-14-7-8-5-9(12)11(16-2)10(13)6-8/h5-6,14H,3-4,7H2,1-2H3. The molecule has 0 aliphatic carbocycles. The van der Waals surface area contributed by atoms with E-state index in [1.54, 1.807) is 14.2 Å². The van der Waals surface area contributed by atoms with Crippen molar-refractivity contribution < 1.29 is 14.3 Å². The molecule has 0 saturated carbocycles. The Labute approximate surface area is 118 Å². The van der Waals surface area contributed by atoms with Crippen molar-refractivity contribution in [3.63, 3.8) is 0 Å². The summed E-state index contributed by atoms with van der Waals surface area (Å²) >= 11 is 6.90. The highest BCUT2D eigenvalue weighted by molar-refractivity contribution is 9.11. The van der Waals surface area contributed by atoms with Crippen LogP contribution < -0.4 is 10.2 Å². The number of hydrogen-bond donors (Lipinski definition) is 1. The fourth-order valence-electron chi connectivity index (χ4n) is 1.24. The van der Waals surface area contributed by atoms with Crippen LogP contribution in [0.5, 0.6) is 5.75 Å². The summed E-state index contributed by atoms with van der Waals surface area (Å²) in [6.07, 6.45) is 0. The maximum absolute atomic E-state index is 5.23. The second-order valence-electron chi connectivity index (χ2n) is 3.26. The molecule has 0 aliphatic heterocycles. The first-order valence-corrected chi connectivity index (χ1v) is 6.63. The van der Waals surface area contributed by atoms with Crippen LogP contribution in [0.3, 0.4) is 0 Å². The topological polar surface area (TPSA) is 39.7 Å². The molecule has 0 atom stereocenters. The van der Waals surface area contributed by atoms with Crippen LogP contribution >= 0.6 is 31.9 Å². The minimum atomic E-state index is 0.523. The van der Waals surface area contributed by atoms with Gasteiger partial charge in [0, 0.05) is 13.7 Å². The lowest BCUT2D eigenvalue weighted by atomic mass is 10.2. The lowest BCUT2D eigenvalue weighted by Crippen LogP contribution is -2.17. The van der Waals surface area contributed by atoms with Crippen LogP contribution in [0.25, 0.3) is 0 Å². The van der Waals surface area contributed by atoms with E-state index in [0.29, 0.717) is 19.8 Å². The molecule has 4 nitrogen and oxygen atoms in total. The van der Waals surface area contributed by atoms with Gasteiger partial charge in [0.15, 0.2) is 0 Å². The summed E-state index contributed by atoms with van der Waals surface area (Å²) in [7, 11) is 3.28. The highest BCUT2D eigenvalue weighted by Crippen LogP contribution is 2.34. The van der Waals surface area contributed by atoms with Crippen LogP contribution in [0.1, 0.15) is 5.56 Å². The first-order valence-electron chi connectivity index (χ1n) is 5.04. The van der Waals surface area contributed by atoms with E-state index >= 15 is 0 Å². The van der Waals surface area contributed by atoms with Crippen molar-refractivity contribution in [2.45, 2.75) is 6.54 Å². The molecular formula is C11H15Br2NO3. The van der Waals surface area contributed by atoms with Gasteiger partial charge in [-0.25, -0.2) is 0 Å². The van der Waals surface area contributed by atoms with E-state index in [1.807, 2.05) is 12.1 Å². The minimum absolute atomic E-state index is 0.523. The first-order chi connectivity index (χ1) is 8.19. The molecule has 0 unspecified atom stereocenters. The SMILES string of the molecule is COCCONCc1cc(Br)c(OC)c(Br)c1. The molecule has 0 radical (unpaired) electrons. The van der Waals surface area contributed by atoms with Gasteiger partial charge in [-0.15, -0.1) is 0 Å². The van der Waals surface area contributed by atoms with Crippen molar-refractivity contribution in [1.82, 2.24) is 5.48 Å². The number of halogens is 2. The van der Waals surface area contributed by atoms with E-state index < -0.39 is 0 Å². The molecule has 0 amide bonds. The second kappa shape index (κ2) is 8.05. The monoisotopic (exact) mass is 367 g/mol. The average molecular weight is 369 g/mol. The molecule has 96 valence electrons. The van der Waals surface area contributed by atoms with Crippen LogP contribution in [0.4, 0.5) is 0 Å².